The van der Waals surface area contributed by atoms with Crippen LogP contribution in [0, 0.1) is 22.7 Å². The molecule has 0 N–H and O–H groups in total. The first-order valence-corrected chi connectivity index (χ1v) is 5.92. The number of hydrogen-bond acceptors (Lipinski definition) is 3. The number of hydrogen-bond donors (Lipinski definition) is 0. The van der Waals surface area contributed by atoms with E-state index in [0.29, 0.717) is 12.8 Å². The molecule has 0 unspecified atom stereocenters. The molecule has 0 spiro atoms. The van der Waals surface area contributed by atoms with Crippen molar-refractivity contribution in [1.82, 2.24) is 0 Å². The zero-order valence-corrected chi connectivity index (χ0v) is 9.42. The zero-order valence-electron chi connectivity index (χ0n) is 8.60. The van der Waals surface area contributed by atoms with E-state index in [0.717, 1.165) is 5.56 Å². The highest BCUT2D eigenvalue weighted by atomic mass is 32.2. The molecule has 15 heavy (non-hydrogen) atoms. The molecule has 0 fully saturated rings. The fourth-order valence-corrected chi connectivity index (χ4v) is 1.81. The summed E-state index contributed by atoms with van der Waals surface area (Å²) in [6.45, 7) is 0. The van der Waals surface area contributed by atoms with Gasteiger partial charge in [-0.25, -0.2) is 0 Å². The van der Waals surface area contributed by atoms with Gasteiger partial charge in [-0.15, -0.1) is 11.8 Å². The summed E-state index contributed by atoms with van der Waals surface area (Å²) < 4.78 is 0. The van der Waals surface area contributed by atoms with Gasteiger partial charge in [-0.1, -0.05) is 12.1 Å². The van der Waals surface area contributed by atoms with E-state index in [4.69, 9.17) is 10.5 Å². The summed E-state index contributed by atoms with van der Waals surface area (Å²) in [6.07, 6.45) is 2.84. The van der Waals surface area contributed by atoms with E-state index < -0.39 is 0 Å². The first kappa shape index (κ1) is 11.6. The van der Waals surface area contributed by atoms with Crippen LogP contribution in [0.5, 0.6) is 0 Å². The summed E-state index contributed by atoms with van der Waals surface area (Å²) in [5, 5.41) is 17.3. The molecule has 0 atom stereocenters. The summed E-state index contributed by atoms with van der Waals surface area (Å²) in [5.74, 6) is 0.0518. The Morgan fingerprint density at radius 3 is 2.07 bits per heavy atom. The molecule has 0 aliphatic rings. The molecule has 1 aromatic carbocycles. The second-order valence-electron chi connectivity index (χ2n) is 3.19. The normalized spacial score (nSPS) is 9.60. The number of thioether (sulfide) groups is 1. The molecule has 0 saturated heterocycles. The van der Waals surface area contributed by atoms with Gasteiger partial charge in [0.25, 0.3) is 0 Å². The van der Waals surface area contributed by atoms with Crippen molar-refractivity contribution < 1.29 is 0 Å². The predicted molar refractivity (Wildman–Crippen MR) is 61.4 cm³/mol. The molecule has 1 aromatic rings. The van der Waals surface area contributed by atoms with Gasteiger partial charge >= 0.3 is 0 Å². The van der Waals surface area contributed by atoms with Gasteiger partial charge in [0.15, 0.2) is 0 Å². The number of nitrogens with zero attached hydrogens (tertiary/aromatic N) is 2. The largest absolute Gasteiger partial charge is 0.198 e. The van der Waals surface area contributed by atoms with Crippen LogP contribution in [0.3, 0.4) is 0 Å². The van der Waals surface area contributed by atoms with Crippen LogP contribution in [-0.2, 0) is 0 Å². The Kier molecular flexibility index (Phi) is 4.74. The molecule has 0 bridgehead atoms. The van der Waals surface area contributed by atoms with Crippen LogP contribution in [0.25, 0.3) is 0 Å². The topological polar surface area (TPSA) is 47.6 Å². The maximum absolute atomic E-state index is 8.66. The lowest BCUT2D eigenvalue weighted by Gasteiger charge is -2.10. The van der Waals surface area contributed by atoms with E-state index in [1.165, 1.54) is 4.90 Å². The molecule has 0 amide bonds. The van der Waals surface area contributed by atoms with Gasteiger partial charge in [-0.05, 0) is 24.0 Å². The van der Waals surface area contributed by atoms with E-state index in [1.807, 2.05) is 30.5 Å². The van der Waals surface area contributed by atoms with Crippen LogP contribution < -0.4 is 0 Å². The SMILES string of the molecule is CSc1ccc(C(CC#N)CC#N)cc1. The second kappa shape index (κ2) is 6.11. The van der Waals surface area contributed by atoms with Gasteiger partial charge in [0, 0.05) is 23.7 Å². The lowest BCUT2D eigenvalue weighted by Crippen LogP contribution is -1.96. The first-order valence-electron chi connectivity index (χ1n) is 4.69. The Hall–Kier alpha value is -1.45. The molecule has 1 rings (SSSR count). The highest BCUT2D eigenvalue weighted by molar-refractivity contribution is 7.98. The van der Waals surface area contributed by atoms with Crippen molar-refractivity contribution in [3.63, 3.8) is 0 Å². The van der Waals surface area contributed by atoms with Crippen molar-refractivity contribution >= 4 is 11.8 Å². The zero-order chi connectivity index (χ0) is 11.1. The summed E-state index contributed by atoms with van der Waals surface area (Å²) in [7, 11) is 0. The standard InChI is InChI=1S/C12H12N2S/c1-15-12-4-2-10(3-5-12)11(6-8-13)7-9-14/h2-5,11H,6-7H2,1H3. The average Bonchev–Trinajstić information content (AvgIpc) is 2.29. The third-order valence-electron chi connectivity index (χ3n) is 2.26. The molecule has 2 nitrogen and oxygen atoms in total. The van der Waals surface area contributed by atoms with Crippen LogP contribution in [0.15, 0.2) is 29.2 Å². The highest BCUT2D eigenvalue weighted by Gasteiger charge is 2.10. The van der Waals surface area contributed by atoms with Crippen molar-refractivity contribution in [2.45, 2.75) is 23.7 Å². The summed E-state index contributed by atoms with van der Waals surface area (Å²) in [6, 6.07) is 12.3. The van der Waals surface area contributed by atoms with Gasteiger partial charge in [-0.3, -0.25) is 0 Å². The van der Waals surface area contributed by atoms with Gasteiger partial charge in [-0.2, -0.15) is 10.5 Å². The van der Waals surface area contributed by atoms with Crippen molar-refractivity contribution in [2.24, 2.45) is 0 Å². The minimum atomic E-state index is 0.0518. The molecular formula is C12H12N2S. The molecule has 0 heterocycles. The lowest BCUT2D eigenvalue weighted by atomic mass is 9.94. The smallest absolute Gasteiger partial charge is 0.0628 e. The van der Waals surface area contributed by atoms with E-state index in [9.17, 15) is 0 Å². The molecule has 0 radical (unpaired) electrons. The number of rotatable bonds is 4. The quantitative estimate of drug-likeness (QED) is 0.725. The minimum Gasteiger partial charge on any atom is -0.198 e. The monoisotopic (exact) mass is 216 g/mol. The average molecular weight is 216 g/mol. The third-order valence-corrected chi connectivity index (χ3v) is 3.01. The molecule has 0 aromatic heterocycles. The molecule has 0 aliphatic heterocycles. The van der Waals surface area contributed by atoms with E-state index in [2.05, 4.69) is 12.1 Å². The van der Waals surface area contributed by atoms with Gasteiger partial charge < -0.3 is 0 Å². The third kappa shape index (κ3) is 3.31. The first-order chi connectivity index (χ1) is 7.31. The van der Waals surface area contributed by atoms with E-state index >= 15 is 0 Å². The summed E-state index contributed by atoms with van der Waals surface area (Å²) >= 11 is 1.69. The maximum Gasteiger partial charge on any atom is 0.0628 e. The van der Waals surface area contributed by atoms with Gasteiger partial charge in [0.1, 0.15) is 0 Å². The Labute approximate surface area is 94.5 Å². The molecule has 3 heteroatoms. The van der Waals surface area contributed by atoms with Crippen molar-refractivity contribution in [1.29, 1.82) is 10.5 Å². The van der Waals surface area contributed by atoms with Gasteiger partial charge in [0.05, 0.1) is 12.1 Å². The summed E-state index contributed by atoms with van der Waals surface area (Å²) in [4.78, 5) is 1.20. The van der Waals surface area contributed by atoms with Crippen LogP contribution in [-0.4, -0.2) is 6.26 Å². The van der Waals surface area contributed by atoms with E-state index in [1.54, 1.807) is 11.8 Å². The van der Waals surface area contributed by atoms with E-state index in [-0.39, 0.29) is 5.92 Å². The molecule has 0 aliphatic carbocycles. The second-order valence-corrected chi connectivity index (χ2v) is 4.07. The fourth-order valence-electron chi connectivity index (χ4n) is 1.40. The number of nitriles is 2. The maximum atomic E-state index is 8.66. The Bertz CT molecular complexity index is 368. The van der Waals surface area contributed by atoms with Crippen LogP contribution >= 0.6 is 11.8 Å². The van der Waals surface area contributed by atoms with Crippen molar-refractivity contribution in [3.8, 4) is 12.1 Å². The van der Waals surface area contributed by atoms with Crippen molar-refractivity contribution in [3.05, 3.63) is 29.8 Å². The highest BCUT2D eigenvalue weighted by Crippen LogP contribution is 2.24. The lowest BCUT2D eigenvalue weighted by molar-refractivity contribution is 0.725. The predicted octanol–water partition coefficient (Wildman–Crippen LogP) is 3.32. The van der Waals surface area contributed by atoms with Crippen LogP contribution in [0.4, 0.5) is 0 Å². The van der Waals surface area contributed by atoms with Crippen LogP contribution in [0.2, 0.25) is 0 Å². The van der Waals surface area contributed by atoms with Crippen LogP contribution in [0.1, 0.15) is 24.3 Å². The fraction of sp³-hybridized carbons (Fsp3) is 0.333. The van der Waals surface area contributed by atoms with Crippen molar-refractivity contribution in [2.75, 3.05) is 6.26 Å². The summed E-state index contributed by atoms with van der Waals surface area (Å²) in [5.41, 5.74) is 1.08. The number of benzene rings is 1. The molecule has 0 saturated carbocycles. The minimum absolute atomic E-state index is 0.0518. The molecule has 76 valence electrons. The molecular weight excluding hydrogens is 204 g/mol. The Balaban J connectivity index is 2.83. The Morgan fingerprint density at radius 1 is 1.13 bits per heavy atom. The van der Waals surface area contributed by atoms with Gasteiger partial charge in [0.2, 0.25) is 0 Å². The Morgan fingerprint density at radius 2 is 1.67 bits per heavy atom.